The number of rotatable bonds is 2. The molecule has 0 spiro atoms. The second-order valence-corrected chi connectivity index (χ2v) is 7.90. The first-order valence-electron chi connectivity index (χ1n) is 7.90. The van der Waals surface area contributed by atoms with Gasteiger partial charge >= 0.3 is 0 Å². The van der Waals surface area contributed by atoms with Crippen LogP contribution in [0, 0.1) is 0 Å². The molecule has 1 unspecified atom stereocenters. The van der Waals surface area contributed by atoms with Gasteiger partial charge in [0.2, 0.25) is 0 Å². The van der Waals surface area contributed by atoms with Gasteiger partial charge in [-0.25, -0.2) is 12.4 Å². The van der Waals surface area contributed by atoms with E-state index in [0.29, 0.717) is 11.9 Å². The van der Waals surface area contributed by atoms with Crippen molar-refractivity contribution in [2.24, 2.45) is 0 Å². The molecule has 0 fully saturated rings. The minimum Gasteiger partial charge on any atom is -0.508 e. The van der Waals surface area contributed by atoms with E-state index in [-0.39, 0.29) is 16.7 Å². The fourth-order valence-corrected chi connectivity index (χ4v) is 4.86. The third kappa shape index (κ3) is 2.14. The van der Waals surface area contributed by atoms with Crippen LogP contribution in [0.15, 0.2) is 53.6 Å². The number of nitrogens with zero attached hydrogens (tertiary/aromatic N) is 1. The third-order valence-corrected chi connectivity index (χ3v) is 6.30. The Bertz CT molecular complexity index is 1020. The third-order valence-electron chi connectivity index (χ3n) is 4.61. The topological polar surface area (TPSA) is 71.3 Å². The lowest BCUT2D eigenvalue weighted by Crippen LogP contribution is -2.19. The zero-order chi connectivity index (χ0) is 16.9. The first-order chi connectivity index (χ1) is 11.5. The number of phenolic OH excluding ortho intramolecular Hbond substituents is 1. The standard InChI is InChI=1S/C18H18N2O3S/c1-12-17-16(21)8-7-15-18(17)13(9-10-19-12)11-20(15)24(22,23)14-5-3-2-4-6-14/h2-8,11-12,19,21H,9-10H2,1H3. The number of nitrogens with one attached hydrogen (secondary N) is 1. The van der Waals surface area contributed by atoms with E-state index in [9.17, 15) is 13.5 Å². The van der Waals surface area contributed by atoms with Crippen molar-refractivity contribution in [1.29, 1.82) is 0 Å². The van der Waals surface area contributed by atoms with E-state index in [4.69, 9.17) is 0 Å². The number of phenols is 1. The summed E-state index contributed by atoms with van der Waals surface area (Å²) in [6.07, 6.45) is 2.41. The van der Waals surface area contributed by atoms with Crippen LogP contribution in [0.3, 0.4) is 0 Å². The number of aromatic hydroxyl groups is 1. The number of hydrogen-bond acceptors (Lipinski definition) is 4. The SMILES string of the molecule is CC1NCCc2cn(S(=O)(=O)c3ccccc3)c3ccc(O)c1c23. The maximum Gasteiger partial charge on any atom is 0.268 e. The molecule has 1 aliphatic heterocycles. The molecule has 2 aromatic carbocycles. The lowest BCUT2D eigenvalue weighted by atomic mass is 10.0. The van der Waals surface area contributed by atoms with E-state index in [2.05, 4.69) is 5.32 Å². The smallest absolute Gasteiger partial charge is 0.268 e. The van der Waals surface area contributed by atoms with Gasteiger partial charge in [0.1, 0.15) is 5.75 Å². The molecule has 5 nitrogen and oxygen atoms in total. The van der Waals surface area contributed by atoms with E-state index >= 15 is 0 Å². The summed E-state index contributed by atoms with van der Waals surface area (Å²) in [7, 11) is -3.67. The quantitative estimate of drug-likeness (QED) is 0.751. The Balaban J connectivity index is 2.05. The summed E-state index contributed by atoms with van der Waals surface area (Å²) in [6.45, 7) is 2.71. The summed E-state index contributed by atoms with van der Waals surface area (Å²) < 4.78 is 27.4. The molecular weight excluding hydrogens is 324 g/mol. The Morgan fingerprint density at radius 1 is 1.17 bits per heavy atom. The summed E-state index contributed by atoms with van der Waals surface area (Å²) in [5.74, 6) is 0.195. The monoisotopic (exact) mass is 342 g/mol. The molecule has 24 heavy (non-hydrogen) atoms. The van der Waals surface area contributed by atoms with Gasteiger partial charge in [0.05, 0.1) is 10.4 Å². The average Bonchev–Trinajstić information content (AvgIpc) is 2.86. The lowest BCUT2D eigenvalue weighted by molar-refractivity contribution is 0.456. The molecule has 0 saturated heterocycles. The molecule has 0 saturated carbocycles. The minimum absolute atomic E-state index is 0.0368. The van der Waals surface area contributed by atoms with E-state index < -0.39 is 10.0 Å². The van der Waals surface area contributed by atoms with Gasteiger partial charge in [-0.2, -0.15) is 0 Å². The fraction of sp³-hybridized carbons (Fsp3) is 0.222. The summed E-state index contributed by atoms with van der Waals surface area (Å²) >= 11 is 0. The molecule has 6 heteroatoms. The fourth-order valence-electron chi connectivity index (χ4n) is 3.45. The van der Waals surface area contributed by atoms with Crippen molar-refractivity contribution in [2.45, 2.75) is 24.3 Å². The number of hydrogen-bond donors (Lipinski definition) is 2. The van der Waals surface area contributed by atoms with Gasteiger partial charge in [0, 0.05) is 23.2 Å². The van der Waals surface area contributed by atoms with Crippen molar-refractivity contribution in [3.63, 3.8) is 0 Å². The maximum atomic E-state index is 13.0. The predicted octanol–water partition coefficient (Wildman–Crippen LogP) is 2.79. The van der Waals surface area contributed by atoms with Gasteiger partial charge in [0.15, 0.2) is 0 Å². The zero-order valence-electron chi connectivity index (χ0n) is 13.2. The molecular formula is C18H18N2O3S. The van der Waals surface area contributed by atoms with Crippen molar-refractivity contribution in [3.05, 3.63) is 59.8 Å². The first kappa shape index (κ1) is 15.2. The molecule has 3 aromatic rings. The van der Waals surface area contributed by atoms with Crippen LogP contribution in [0.2, 0.25) is 0 Å². The Morgan fingerprint density at radius 3 is 2.67 bits per heavy atom. The summed E-state index contributed by atoms with van der Waals surface area (Å²) in [6, 6.07) is 11.6. The molecule has 2 heterocycles. The molecule has 1 aliphatic rings. The predicted molar refractivity (Wildman–Crippen MR) is 92.8 cm³/mol. The summed E-state index contributed by atoms with van der Waals surface area (Å²) in [5.41, 5.74) is 2.31. The highest BCUT2D eigenvalue weighted by atomic mass is 32.2. The Labute approximate surface area is 140 Å². The normalized spacial score (nSPS) is 17.8. The average molecular weight is 342 g/mol. The van der Waals surface area contributed by atoms with Crippen LogP contribution in [-0.4, -0.2) is 24.0 Å². The van der Waals surface area contributed by atoms with Gasteiger partial charge in [-0.15, -0.1) is 0 Å². The highest BCUT2D eigenvalue weighted by Crippen LogP contribution is 2.38. The van der Waals surface area contributed by atoms with E-state index in [1.807, 2.05) is 6.92 Å². The summed E-state index contributed by atoms with van der Waals surface area (Å²) in [4.78, 5) is 0.256. The molecule has 0 radical (unpaired) electrons. The van der Waals surface area contributed by atoms with Gasteiger partial charge in [0.25, 0.3) is 10.0 Å². The van der Waals surface area contributed by atoms with Crippen LogP contribution < -0.4 is 5.32 Å². The molecule has 1 aromatic heterocycles. The van der Waals surface area contributed by atoms with Crippen molar-refractivity contribution < 1.29 is 13.5 Å². The Morgan fingerprint density at radius 2 is 1.92 bits per heavy atom. The first-order valence-corrected chi connectivity index (χ1v) is 9.34. The van der Waals surface area contributed by atoms with E-state index in [1.54, 1.807) is 48.7 Å². The van der Waals surface area contributed by atoms with Gasteiger partial charge in [-0.3, -0.25) is 0 Å². The maximum absolute atomic E-state index is 13.0. The van der Waals surface area contributed by atoms with Crippen molar-refractivity contribution in [1.82, 2.24) is 9.29 Å². The van der Waals surface area contributed by atoms with Gasteiger partial charge < -0.3 is 10.4 Å². The van der Waals surface area contributed by atoms with Crippen LogP contribution in [0.1, 0.15) is 24.1 Å². The number of benzene rings is 2. The van der Waals surface area contributed by atoms with Crippen LogP contribution in [0.5, 0.6) is 5.75 Å². The van der Waals surface area contributed by atoms with Crippen molar-refractivity contribution >= 4 is 20.9 Å². The van der Waals surface area contributed by atoms with Crippen molar-refractivity contribution in [3.8, 4) is 5.75 Å². The van der Waals surface area contributed by atoms with Gasteiger partial charge in [-0.05, 0) is 49.7 Å². The second kappa shape index (κ2) is 5.36. The Kier molecular flexibility index (Phi) is 3.40. The second-order valence-electron chi connectivity index (χ2n) is 6.09. The molecule has 0 bridgehead atoms. The molecule has 124 valence electrons. The number of aromatic nitrogens is 1. The molecule has 1 atom stereocenters. The highest BCUT2D eigenvalue weighted by molar-refractivity contribution is 7.90. The van der Waals surface area contributed by atoms with Crippen LogP contribution in [0.4, 0.5) is 0 Å². The molecule has 0 amide bonds. The summed E-state index contributed by atoms with van der Waals surface area (Å²) in [5, 5.41) is 14.5. The molecule has 4 rings (SSSR count). The highest BCUT2D eigenvalue weighted by Gasteiger charge is 2.26. The Hall–Kier alpha value is -2.31. The van der Waals surface area contributed by atoms with Crippen LogP contribution >= 0.6 is 0 Å². The minimum atomic E-state index is -3.67. The van der Waals surface area contributed by atoms with Crippen LogP contribution in [0.25, 0.3) is 10.9 Å². The van der Waals surface area contributed by atoms with Gasteiger partial charge in [-0.1, -0.05) is 18.2 Å². The molecule has 2 N–H and O–H groups in total. The van der Waals surface area contributed by atoms with Crippen LogP contribution in [-0.2, 0) is 16.4 Å². The van der Waals surface area contributed by atoms with Crippen molar-refractivity contribution in [2.75, 3.05) is 6.54 Å². The molecule has 0 aliphatic carbocycles. The zero-order valence-corrected chi connectivity index (χ0v) is 14.0. The largest absolute Gasteiger partial charge is 0.508 e. The van der Waals surface area contributed by atoms with E-state index in [1.165, 1.54) is 3.97 Å². The lowest BCUT2D eigenvalue weighted by Gasteiger charge is -2.15. The van der Waals surface area contributed by atoms with E-state index in [0.717, 1.165) is 23.1 Å².